The molecule has 8 bridgehead atoms. The molecule has 4 N–H and O–H groups in total. The van der Waals surface area contributed by atoms with Gasteiger partial charge in [0.25, 0.3) is 0 Å². The molecule has 5 heterocycles. The van der Waals surface area contributed by atoms with Crippen LogP contribution in [0.25, 0.3) is 23.8 Å². The third-order valence-corrected chi connectivity index (χ3v) is 5.47. The van der Waals surface area contributed by atoms with E-state index in [0.717, 1.165) is 56.0 Å². The van der Waals surface area contributed by atoms with E-state index in [9.17, 15) is 0 Å². The maximum Gasteiger partial charge on any atom is 0.0874 e. The van der Waals surface area contributed by atoms with Gasteiger partial charge in [-0.15, -0.1) is 0 Å². The molecule has 0 saturated carbocycles. The fourth-order valence-corrected chi connectivity index (χ4v) is 4.04. The summed E-state index contributed by atoms with van der Waals surface area (Å²) in [6.45, 7) is 0. The molecule has 0 amide bonds. The van der Waals surface area contributed by atoms with Gasteiger partial charge in [0.15, 0.2) is 0 Å². The first-order valence-corrected chi connectivity index (χ1v) is 10.1. The van der Waals surface area contributed by atoms with E-state index in [-0.39, 0.29) is 17.1 Å². The molecule has 156 valence electrons. The summed E-state index contributed by atoms with van der Waals surface area (Å²) in [4.78, 5) is 11.6. The van der Waals surface area contributed by atoms with Gasteiger partial charge in [-0.1, -0.05) is 30.3 Å². The van der Waals surface area contributed by atoms with E-state index < -0.39 is 0 Å². The number of hydrogen-bond acceptors (Lipinski definition) is 3. The third-order valence-electron chi connectivity index (χ3n) is 5.47. The number of aliphatic imine (C=N–C) groups is 1. The minimum atomic E-state index is 0. The van der Waals surface area contributed by atoms with Crippen molar-refractivity contribution in [2.24, 2.45) is 4.99 Å². The molecule has 1 aromatic carbocycles. The molecule has 0 aliphatic carbocycles. The van der Waals surface area contributed by atoms with E-state index >= 15 is 0 Å². The molecular formula is C26H19FeN5. The first-order valence-electron chi connectivity index (χ1n) is 10.1. The molecule has 0 radical (unpaired) electrons. The molecule has 5 nitrogen and oxygen atoms in total. The van der Waals surface area contributed by atoms with E-state index in [1.807, 2.05) is 72.8 Å². The number of rotatable bonds is 1. The van der Waals surface area contributed by atoms with Gasteiger partial charge in [-0.05, 0) is 66.3 Å². The van der Waals surface area contributed by atoms with Crippen molar-refractivity contribution >= 4 is 35.2 Å². The van der Waals surface area contributed by atoms with Gasteiger partial charge >= 0.3 is 0 Å². The molecule has 0 atom stereocenters. The van der Waals surface area contributed by atoms with Gasteiger partial charge in [0, 0.05) is 44.7 Å². The standard InChI is InChI=1S/C26H19N5.Fe/c27-26-24-15-22-11-9-20(30-22)13-18-7-6-17(28-18)12-19-8-10-21(29-19)14-23(31-24)25(26)16-4-2-1-3-5-16;/h1-15,27-28,30-31H;. The quantitative estimate of drug-likeness (QED) is 0.416. The SMILES string of the molecule is N=C1C2=Cc3ccc([nH]3)C=c3ccc([nH]3)=CC3=NC(=CC(=C1c1ccccc1)N2)C=C3.[Fe]. The largest absolute Gasteiger partial charge is 0.355 e. The molecular weight excluding hydrogens is 438 g/mol. The zero-order chi connectivity index (χ0) is 20.8. The number of aromatic nitrogens is 2. The first kappa shape index (κ1) is 20.1. The van der Waals surface area contributed by atoms with Crippen molar-refractivity contribution in [2.45, 2.75) is 0 Å². The van der Waals surface area contributed by atoms with Crippen molar-refractivity contribution in [1.29, 1.82) is 5.41 Å². The number of nitrogens with one attached hydrogen (secondary N) is 4. The van der Waals surface area contributed by atoms with Crippen LogP contribution in [0.1, 0.15) is 17.0 Å². The number of aromatic amines is 2. The molecule has 0 saturated heterocycles. The monoisotopic (exact) mass is 457 g/mol. The molecule has 0 fully saturated rings. The van der Waals surface area contributed by atoms with Crippen molar-refractivity contribution in [3.05, 3.63) is 118 Å². The second-order valence-corrected chi connectivity index (χ2v) is 7.68. The maximum atomic E-state index is 8.87. The predicted molar refractivity (Wildman–Crippen MR) is 126 cm³/mol. The summed E-state index contributed by atoms with van der Waals surface area (Å²) in [5, 5.41) is 14.3. The number of hydrogen-bond donors (Lipinski definition) is 4. The van der Waals surface area contributed by atoms with E-state index in [1.165, 1.54) is 0 Å². The molecule has 6 rings (SSSR count). The Morgan fingerprint density at radius 2 is 1.47 bits per heavy atom. The van der Waals surface area contributed by atoms with Gasteiger partial charge < -0.3 is 15.3 Å². The molecule has 32 heavy (non-hydrogen) atoms. The average molecular weight is 457 g/mol. The fourth-order valence-electron chi connectivity index (χ4n) is 4.04. The van der Waals surface area contributed by atoms with Gasteiger partial charge in [-0.25, -0.2) is 4.99 Å². The fraction of sp³-hybridized carbons (Fsp3) is 0. The molecule has 6 heteroatoms. The summed E-state index contributed by atoms with van der Waals surface area (Å²) in [5.74, 6) is 0. The summed E-state index contributed by atoms with van der Waals surface area (Å²) in [6, 6.07) is 18.2. The number of allylic oxidation sites excluding steroid dienone is 4. The molecule has 3 aliphatic heterocycles. The van der Waals surface area contributed by atoms with Gasteiger partial charge in [-0.2, -0.15) is 0 Å². The zero-order valence-corrected chi connectivity index (χ0v) is 18.1. The van der Waals surface area contributed by atoms with Gasteiger partial charge in [0.1, 0.15) is 0 Å². The van der Waals surface area contributed by atoms with Crippen LogP contribution in [-0.2, 0) is 17.1 Å². The molecule has 3 aromatic rings. The minimum Gasteiger partial charge on any atom is -0.355 e. The Bertz CT molecular complexity index is 1510. The third kappa shape index (κ3) is 3.66. The van der Waals surface area contributed by atoms with Gasteiger partial charge in [0.2, 0.25) is 0 Å². The van der Waals surface area contributed by atoms with Crippen LogP contribution in [0.2, 0.25) is 0 Å². The summed E-state index contributed by atoms with van der Waals surface area (Å²) in [7, 11) is 0. The predicted octanol–water partition coefficient (Wildman–Crippen LogP) is 3.23. The molecule has 3 aliphatic rings. The van der Waals surface area contributed by atoms with Crippen LogP contribution >= 0.6 is 0 Å². The van der Waals surface area contributed by atoms with E-state index in [2.05, 4.69) is 33.5 Å². The van der Waals surface area contributed by atoms with Crippen LogP contribution in [0.3, 0.4) is 0 Å². The smallest absolute Gasteiger partial charge is 0.0874 e. The number of benzene rings is 1. The van der Waals surface area contributed by atoms with Crippen molar-refractivity contribution in [3.8, 4) is 0 Å². The van der Waals surface area contributed by atoms with Crippen LogP contribution in [0.5, 0.6) is 0 Å². The molecule has 0 unspecified atom stereocenters. The van der Waals surface area contributed by atoms with E-state index in [0.29, 0.717) is 5.71 Å². The van der Waals surface area contributed by atoms with Crippen LogP contribution in [-0.4, -0.2) is 21.4 Å². The van der Waals surface area contributed by atoms with Gasteiger partial charge in [-0.3, -0.25) is 5.41 Å². The maximum absolute atomic E-state index is 8.87. The van der Waals surface area contributed by atoms with Crippen LogP contribution in [0.15, 0.2) is 94.9 Å². The first-order chi connectivity index (χ1) is 15.2. The second-order valence-electron chi connectivity index (χ2n) is 7.68. The Kier molecular flexibility index (Phi) is 5.02. The normalized spacial score (nSPS) is 16.4. The Balaban J connectivity index is 0.00000216. The Hall–Kier alpha value is -3.86. The van der Waals surface area contributed by atoms with Crippen LogP contribution in [0.4, 0.5) is 0 Å². The number of H-pyrrole nitrogens is 2. The molecule has 0 spiro atoms. The Labute approximate surface area is 195 Å². The second kappa shape index (κ2) is 8.00. The Morgan fingerprint density at radius 1 is 0.719 bits per heavy atom. The van der Waals surface area contributed by atoms with Crippen molar-refractivity contribution in [1.82, 2.24) is 15.3 Å². The van der Waals surface area contributed by atoms with E-state index in [4.69, 9.17) is 10.4 Å². The zero-order valence-electron chi connectivity index (χ0n) is 17.0. The van der Waals surface area contributed by atoms with Crippen LogP contribution in [0, 0.1) is 5.41 Å². The summed E-state index contributed by atoms with van der Waals surface area (Å²) in [6.07, 6.45) is 12.1. The number of fused-ring (bicyclic) bond motifs is 7. The summed E-state index contributed by atoms with van der Waals surface area (Å²) < 4.78 is 0. The van der Waals surface area contributed by atoms with Crippen molar-refractivity contribution < 1.29 is 17.1 Å². The number of nitrogens with zero attached hydrogens (tertiary/aromatic N) is 1. The molecule has 2 aromatic heterocycles. The van der Waals surface area contributed by atoms with E-state index in [1.54, 1.807) is 0 Å². The van der Waals surface area contributed by atoms with Crippen LogP contribution < -0.4 is 16.0 Å². The van der Waals surface area contributed by atoms with Gasteiger partial charge in [0.05, 0.1) is 28.5 Å². The average Bonchev–Trinajstić information content (AvgIpc) is 3.55. The van der Waals surface area contributed by atoms with Crippen molar-refractivity contribution in [2.75, 3.05) is 0 Å². The summed E-state index contributed by atoms with van der Waals surface area (Å²) in [5.41, 5.74) is 7.64. The van der Waals surface area contributed by atoms with Crippen molar-refractivity contribution in [3.63, 3.8) is 0 Å². The minimum absolute atomic E-state index is 0. The topological polar surface area (TPSA) is 79.8 Å². The summed E-state index contributed by atoms with van der Waals surface area (Å²) >= 11 is 0. The Morgan fingerprint density at radius 3 is 2.28 bits per heavy atom.